The van der Waals surface area contributed by atoms with Crippen LogP contribution in [0.3, 0.4) is 0 Å². The van der Waals surface area contributed by atoms with Crippen molar-refractivity contribution in [3.8, 4) is 10.7 Å². The van der Waals surface area contributed by atoms with Gasteiger partial charge in [0.05, 0.1) is 4.88 Å². The Labute approximate surface area is 118 Å². The summed E-state index contributed by atoms with van der Waals surface area (Å²) in [5, 5.41) is 14.3. The van der Waals surface area contributed by atoms with Gasteiger partial charge in [0, 0.05) is 19.9 Å². The van der Waals surface area contributed by atoms with Crippen LogP contribution in [0.1, 0.15) is 12.3 Å². The molecule has 20 heavy (non-hydrogen) atoms. The molecule has 2 rings (SSSR count). The van der Waals surface area contributed by atoms with Crippen LogP contribution in [0, 0.1) is 0 Å². The van der Waals surface area contributed by atoms with Crippen LogP contribution in [0.2, 0.25) is 0 Å². The van der Waals surface area contributed by atoms with Gasteiger partial charge in [-0.2, -0.15) is 4.98 Å². The molecule has 0 fully saturated rings. The van der Waals surface area contributed by atoms with E-state index in [0.717, 1.165) is 9.78 Å². The molecule has 0 atom stereocenters. The summed E-state index contributed by atoms with van der Waals surface area (Å²) in [7, 11) is 1.45. The molecule has 8 heteroatoms. The van der Waals surface area contributed by atoms with Crippen LogP contribution < -0.4 is 0 Å². The van der Waals surface area contributed by atoms with Gasteiger partial charge in [-0.15, -0.1) is 11.3 Å². The zero-order valence-electron chi connectivity index (χ0n) is 10.8. The standard InChI is InChI=1S/C12H13N3O4S/c1-15(7-11(17)18)10(16)5-4-9-13-12(14-19-9)8-3-2-6-20-8/h2-3,6H,4-5,7H2,1H3,(H,17,18). The Morgan fingerprint density at radius 2 is 2.30 bits per heavy atom. The second kappa shape index (κ2) is 6.29. The molecule has 2 aromatic rings. The number of amides is 1. The topological polar surface area (TPSA) is 96.5 Å². The number of rotatable bonds is 6. The van der Waals surface area contributed by atoms with Crippen molar-refractivity contribution in [3.05, 3.63) is 23.4 Å². The highest BCUT2D eigenvalue weighted by Crippen LogP contribution is 2.21. The van der Waals surface area contributed by atoms with Crippen molar-refractivity contribution in [2.24, 2.45) is 0 Å². The third-order valence-corrected chi connectivity index (χ3v) is 3.43. The molecule has 106 valence electrons. The van der Waals surface area contributed by atoms with Crippen LogP contribution in [0.4, 0.5) is 0 Å². The van der Waals surface area contributed by atoms with Crippen molar-refractivity contribution in [2.45, 2.75) is 12.8 Å². The van der Waals surface area contributed by atoms with Crippen molar-refractivity contribution in [1.82, 2.24) is 15.0 Å². The summed E-state index contributed by atoms with van der Waals surface area (Å²) in [6.07, 6.45) is 0.428. The summed E-state index contributed by atoms with van der Waals surface area (Å²) >= 11 is 1.50. The highest BCUT2D eigenvalue weighted by molar-refractivity contribution is 7.13. The SMILES string of the molecule is CN(CC(=O)O)C(=O)CCc1nc(-c2cccs2)no1. The lowest BCUT2D eigenvalue weighted by Gasteiger charge is -2.13. The molecule has 0 bridgehead atoms. The molecular weight excluding hydrogens is 282 g/mol. The van der Waals surface area contributed by atoms with Crippen molar-refractivity contribution in [2.75, 3.05) is 13.6 Å². The minimum absolute atomic E-state index is 0.135. The Bertz CT molecular complexity index is 594. The maximum Gasteiger partial charge on any atom is 0.323 e. The summed E-state index contributed by atoms with van der Waals surface area (Å²) in [5.41, 5.74) is 0. The molecular formula is C12H13N3O4S. The van der Waals surface area contributed by atoms with E-state index in [1.165, 1.54) is 18.4 Å². The average Bonchev–Trinajstić information content (AvgIpc) is 3.05. The fraction of sp³-hybridized carbons (Fsp3) is 0.333. The first-order chi connectivity index (χ1) is 9.56. The Morgan fingerprint density at radius 3 is 2.95 bits per heavy atom. The number of aromatic nitrogens is 2. The van der Waals surface area contributed by atoms with Crippen LogP contribution >= 0.6 is 11.3 Å². The number of thiophene rings is 1. The molecule has 0 unspecified atom stereocenters. The molecule has 0 aliphatic rings. The summed E-state index contributed by atoms with van der Waals surface area (Å²) in [6, 6.07) is 3.77. The maximum absolute atomic E-state index is 11.7. The van der Waals surface area contributed by atoms with E-state index in [4.69, 9.17) is 9.63 Å². The van der Waals surface area contributed by atoms with Crippen molar-refractivity contribution in [1.29, 1.82) is 0 Å². The largest absolute Gasteiger partial charge is 0.480 e. The number of hydrogen-bond acceptors (Lipinski definition) is 6. The molecule has 0 aliphatic carbocycles. The van der Waals surface area contributed by atoms with Gasteiger partial charge in [0.15, 0.2) is 0 Å². The number of carbonyl (C=O) groups is 2. The van der Waals surface area contributed by atoms with Gasteiger partial charge in [-0.3, -0.25) is 9.59 Å². The predicted molar refractivity (Wildman–Crippen MR) is 71.2 cm³/mol. The van der Waals surface area contributed by atoms with Gasteiger partial charge in [0.1, 0.15) is 6.54 Å². The lowest BCUT2D eigenvalue weighted by Crippen LogP contribution is -2.32. The van der Waals surface area contributed by atoms with Gasteiger partial charge < -0.3 is 14.5 Å². The molecule has 0 radical (unpaired) electrons. The Morgan fingerprint density at radius 1 is 1.50 bits per heavy atom. The molecule has 1 N–H and O–H groups in total. The van der Waals surface area contributed by atoms with Crippen molar-refractivity contribution >= 4 is 23.2 Å². The van der Waals surface area contributed by atoms with E-state index in [2.05, 4.69) is 10.1 Å². The number of carboxylic acid groups (broad SMARTS) is 1. The van der Waals surface area contributed by atoms with Crippen LogP contribution in [0.25, 0.3) is 10.7 Å². The second-order valence-corrected chi connectivity index (χ2v) is 5.08. The Hall–Kier alpha value is -2.22. The first kappa shape index (κ1) is 14.2. The summed E-state index contributed by atoms with van der Waals surface area (Å²) in [6.45, 7) is -0.316. The minimum atomic E-state index is -1.04. The highest BCUT2D eigenvalue weighted by Gasteiger charge is 2.15. The molecule has 0 spiro atoms. The van der Waals surface area contributed by atoms with E-state index >= 15 is 0 Å². The van der Waals surface area contributed by atoms with E-state index in [-0.39, 0.29) is 18.9 Å². The molecule has 0 saturated heterocycles. The summed E-state index contributed by atoms with van der Waals surface area (Å²) in [4.78, 5) is 28.4. The average molecular weight is 295 g/mol. The molecule has 2 heterocycles. The van der Waals surface area contributed by atoms with Crippen LogP contribution in [-0.2, 0) is 16.0 Å². The van der Waals surface area contributed by atoms with Crippen molar-refractivity contribution in [3.63, 3.8) is 0 Å². The Balaban J connectivity index is 1.88. The normalized spacial score (nSPS) is 10.4. The fourth-order valence-electron chi connectivity index (χ4n) is 1.56. The number of carbonyl (C=O) groups excluding carboxylic acids is 1. The molecule has 0 aliphatic heterocycles. The van der Waals surface area contributed by atoms with Crippen molar-refractivity contribution < 1.29 is 19.2 Å². The monoisotopic (exact) mass is 295 g/mol. The molecule has 1 amide bonds. The third kappa shape index (κ3) is 3.64. The number of nitrogens with zero attached hydrogens (tertiary/aromatic N) is 3. The van der Waals surface area contributed by atoms with Crippen LogP contribution in [-0.4, -0.2) is 45.6 Å². The highest BCUT2D eigenvalue weighted by atomic mass is 32.1. The zero-order chi connectivity index (χ0) is 14.5. The van der Waals surface area contributed by atoms with Crippen LogP contribution in [0.5, 0.6) is 0 Å². The number of carboxylic acids is 1. The van der Waals surface area contributed by atoms with Gasteiger partial charge in [0.2, 0.25) is 17.6 Å². The summed E-state index contributed by atoms with van der Waals surface area (Å²) in [5.74, 6) is -0.450. The molecule has 2 aromatic heterocycles. The molecule has 0 aromatic carbocycles. The van der Waals surface area contributed by atoms with Gasteiger partial charge in [-0.05, 0) is 11.4 Å². The van der Waals surface area contributed by atoms with E-state index in [1.807, 2.05) is 17.5 Å². The van der Waals surface area contributed by atoms with Gasteiger partial charge in [0.25, 0.3) is 0 Å². The van der Waals surface area contributed by atoms with E-state index < -0.39 is 5.97 Å². The second-order valence-electron chi connectivity index (χ2n) is 4.13. The Kier molecular flexibility index (Phi) is 4.46. The van der Waals surface area contributed by atoms with E-state index in [1.54, 1.807) is 0 Å². The maximum atomic E-state index is 11.7. The molecule has 0 saturated carbocycles. The van der Waals surface area contributed by atoms with E-state index in [9.17, 15) is 9.59 Å². The van der Waals surface area contributed by atoms with Gasteiger partial charge in [-0.1, -0.05) is 11.2 Å². The summed E-state index contributed by atoms with van der Waals surface area (Å²) < 4.78 is 5.06. The fourth-order valence-corrected chi connectivity index (χ4v) is 2.21. The van der Waals surface area contributed by atoms with Gasteiger partial charge in [-0.25, -0.2) is 0 Å². The first-order valence-electron chi connectivity index (χ1n) is 5.88. The third-order valence-electron chi connectivity index (χ3n) is 2.56. The smallest absolute Gasteiger partial charge is 0.323 e. The number of aliphatic carboxylic acids is 1. The predicted octanol–water partition coefficient (Wildman–Crippen LogP) is 1.27. The first-order valence-corrected chi connectivity index (χ1v) is 6.76. The van der Waals surface area contributed by atoms with Gasteiger partial charge >= 0.3 is 5.97 Å². The number of aryl methyl sites for hydroxylation is 1. The lowest BCUT2D eigenvalue weighted by molar-refractivity contribution is -0.143. The quantitative estimate of drug-likeness (QED) is 0.862. The lowest BCUT2D eigenvalue weighted by atomic mass is 10.3. The number of likely N-dealkylation sites (N-methyl/N-ethyl adjacent to an activating group) is 1. The number of hydrogen-bond donors (Lipinski definition) is 1. The minimum Gasteiger partial charge on any atom is -0.480 e. The zero-order valence-corrected chi connectivity index (χ0v) is 11.6. The molecule has 7 nitrogen and oxygen atoms in total. The van der Waals surface area contributed by atoms with E-state index in [0.29, 0.717) is 18.1 Å². The van der Waals surface area contributed by atoms with Crippen LogP contribution in [0.15, 0.2) is 22.0 Å².